The number of hydrogen-bond acceptors (Lipinski definition) is 2. The minimum absolute atomic E-state index is 0.518. The van der Waals surface area contributed by atoms with Crippen LogP contribution in [0.1, 0.15) is 25.3 Å². The van der Waals surface area contributed by atoms with Crippen molar-refractivity contribution < 1.29 is 9.47 Å². The number of halogens is 1. The zero-order valence-electron chi connectivity index (χ0n) is 9.75. The molecule has 0 aromatic heterocycles. The molecule has 0 unspecified atom stereocenters. The first kappa shape index (κ1) is 13.3. The molecule has 0 atom stereocenters. The van der Waals surface area contributed by atoms with Gasteiger partial charge in [0.1, 0.15) is 12.4 Å². The first-order valence-electron chi connectivity index (χ1n) is 5.72. The van der Waals surface area contributed by atoms with Gasteiger partial charge in [-0.25, -0.2) is 0 Å². The summed E-state index contributed by atoms with van der Waals surface area (Å²) in [6.07, 6.45) is 2.28. The largest absolute Gasteiger partial charge is 0.491 e. The SMILES string of the molecule is CCCCOCCOc1cccc(CCl)c1. The molecule has 90 valence electrons. The van der Waals surface area contributed by atoms with Crippen LogP contribution in [-0.4, -0.2) is 19.8 Å². The van der Waals surface area contributed by atoms with E-state index in [0.29, 0.717) is 19.1 Å². The fourth-order valence-corrected chi connectivity index (χ4v) is 1.45. The zero-order valence-corrected chi connectivity index (χ0v) is 10.5. The molecule has 0 saturated carbocycles. The van der Waals surface area contributed by atoms with Crippen LogP contribution in [0.15, 0.2) is 24.3 Å². The molecule has 0 aliphatic carbocycles. The summed E-state index contributed by atoms with van der Waals surface area (Å²) < 4.78 is 10.9. The molecule has 2 nitrogen and oxygen atoms in total. The number of benzene rings is 1. The van der Waals surface area contributed by atoms with E-state index in [0.717, 1.165) is 24.3 Å². The molecule has 0 heterocycles. The monoisotopic (exact) mass is 242 g/mol. The Balaban J connectivity index is 2.16. The van der Waals surface area contributed by atoms with Crippen molar-refractivity contribution in [1.82, 2.24) is 0 Å². The van der Waals surface area contributed by atoms with Crippen molar-refractivity contribution in [1.29, 1.82) is 0 Å². The molecule has 0 radical (unpaired) electrons. The van der Waals surface area contributed by atoms with Crippen molar-refractivity contribution in [2.75, 3.05) is 19.8 Å². The van der Waals surface area contributed by atoms with Crippen molar-refractivity contribution in [2.45, 2.75) is 25.6 Å². The summed E-state index contributed by atoms with van der Waals surface area (Å²) in [6.45, 7) is 4.21. The highest BCUT2D eigenvalue weighted by Crippen LogP contribution is 2.14. The van der Waals surface area contributed by atoms with Crippen molar-refractivity contribution in [3.8, 4) is 5.75 Å². The fourth-order valence-electron chi connectivity index (χ4n) is 1.29. The zero-order chi connectivity index (χ0) is 11.6. The van der Waals surface area contributed by atoms with Gasteiger partial charge in [-0.2, -0.15) is 0 Å². The average molecular weight is 243 g/mol. The minimum atomic E-state index is 0.518. The van der Waals surface area contributed by atoms with Crippen LogP contribution in [0.4, 0.5) is 0 Å². The van der Waals surface area contributed by atoms with E-state index in [-0.39, 0.29) is 0 Å². The molecule has 1 aromatic rings. The molecule has 0 amide bonds. The van der Waals surface area contributed by atoms with Gasteiger partial charge in [0.25, 0.3) is 0 Å². The molecule has 0 spiro atoms. The topological polar surface area (TPSA) is 18.5 Å². The highest BCUT2D eigenvalue weighted by Gasteiger charge is 1.96. The molecule has 0 N–H and O–H groups in total. The normalized spacial score (nSPS) is 10.4. The van der Waals surface area contributed by atoms with Gasteiger partial charge in [-0.05, 0) is 24.1 Å². The van der Waals surface area contributed by atoms with Gasteiger partial charge in [0.05, 0.1) is 6.61 Å². The molecular formula is C13H19ClO2. The van der Waals surface area contributed by atoms with E-state index in [1.54, 1.807) is 0 Å². The molecule has 0 saturated heterocycles. The third-order valence-electron chi connectivity index (χ3n) is 2.19. The summed E-state index contributed by atoms with van der Waals surface area (Å²) in [4.78, 5) is 0. The summed E-state index contributed by atoms with van der Waals surface area (Å²) in [5, 5.41) is 0. The second-order valence-electron chi connectivity index (χ2n) is 3.60. The molecule has 0 fully saturated rings. The molecule has 0 bridgehead atoms. The molecule has 0 aliphatic heterocycles. The number of unbranched alkanes of at least 4 members (excludes halogenated alkanes) is 1. The predicted octanol–water partition coefficient (Wildman–Crippen LogP) is 3.62. The van der Waals surface area contributed by atoms with Gasteiger partial charge in [0, 0.05) is 12.5 Å². The molecule has 1 aromatic carbocycles. The van der Waals surface area contributed by atoms with Crippen molar-refractivity contribution in [2.24, 2.45) is 0 Å². The van der Waals surface area contributed by atoms with E-state index in [2.05, 4.69) is 6.92 Å². The summed E-state index contributed by atoms with van der Waals surface area (Å²) in [7, 11) is 0. The van der Waals surface area contributed by atoms with Gasteiger partial charge in [-0.3, -0.25) is 0 Å². The lowest BCUT2D eigenvalue weighted by Gasteiger charge is -2.07. The third kappa shape index (κ3) is 5.38. The van der Waals surface area contributed by atoms with Crippen LogP contribution in [0.2, 0.25) is 0 Å². The molecule has 1 rings (SSSR count). The minimum Gasteiger partial charge on any atom is -0.491 e. The molecular weight excluding hydrogens is 224 g/mol. The number of alkyl halides is 1. The van der Waals surface area contributed by atoms with E-state index in [1.807, 2.05) is 24.3 Å². The van der Waals surface area contributed by atoms with Crippen LogP contribution in [-0.2, 0) is 10.6 Å². The first-order valence-corrected chi connectivity index (χ1v) is 6.25. The van der Waals surface area contributed by atoms with Gasteiger partial charge < -0.3 is 9.47 Å². The van der Waals surface area contributed by atoms with Crippen LogP contribution in [0, 0.1) is 0 Å². The lowest BCUT2D eigenvalue weighted by molar-refractivity contribution is 0.0980. The first-order chi connectivity index (χ1) is 7.86. The fraction of sp³-hybridized carbons (Fsp3) is 0.538. The van der Waals surface area contributed by atoms with Crippen molar-refractivity contribution >= 4 is 11.6 Å². The Bertz CT molecular complexity index is 289. The molecule has 0 aliphatic rings. The smallest absolute Gasteiger partial charge is 0.119 e. The summed E-state index contributed by atoms with van der Waals surface area (Å²) >= 11 is 5.74. The second-order valence-corrected chi connectivity index (χ2v) is 3.86. The van der Waals surface area contributed by atoms with Gasteiger partial charge in [0.2, 0.25) is 0 Å². The maximum atomic E-state index is 5.74. The van der Waals surface area contributed by atoms with Gasteiger partial charge in [-0.1, -0.05) is 25.5 Å². The van der Waals surface area contributed by atoms with Gasteiger partial charge >= 0.3 is 0 Å². The maximum Gasteiger partial charge on any atom is 0.119 e. The summed E-state index contributed by atoms with van der Waals surface area (Å²) in [5.41, 5.74) is 1.08. The Hall–Kier alpha value is -0.730. The van der Waals surface area contributed by atoms with Crippen LogP contribution >= 0.6 is 11.6 Å². The highest BCUT2D eigenvalue weighted by atomic mass is 35.5. The van der Waals surface area contributed by atoms with Crippen LogP contribution < -0.4 is 4.74 Å². The predicted molar refractivity (Wildman–Crippen MR) is 67.2 cm³/mol. The van der Waals surface area contributed by atoms with E-state index in [4.69, 9.17) is 21.1 Å². The standard InChI is InChI=1S/C13H19ClO2/c1-2-3-7-15-8-9-16-13-6-4-5-12(10-13)11-14/h4-6,10H,2-3,7-9,11H2,1H3. The van der Waals surface area contributed by atoms with Gasteiger partial charge in [0.15, 0.2) is 0 Å². The maximum absolute atomic E-state index is 5.74. The Morgan fingerprint density at radius 3 is 2.81 bits per heavy atom. The summed E-state index contributed by atoms with van der Waals surface area (Å²) in [5.74, 6) is 1.38. The second kappa shape index (κ2) is 8.43. The van der Waals surface area contributed by atoms with Crippen molar-refractivity contribution in [3.63, 3.8) is 0 Å². The Morgan fingerprint density at radius 2 is 2.06 bits per heavy atom. The lowest BCUT2D eigenvalue weighted by atomic mass is 10.2. The van der Waals surface area contributed by atoms with Crippen LogP contribution in [0.25, 0.3) is 0 Å². The quantitative estimate of drug-likeness (QED) is 0.512. The van der Waals surface area contributed by atoms with E-state index in [1.165, 1.54) is 6.42 Å². The van der Waals surface area contributed by atoms with Gasteiger partial charge in [-0.15, -0.1) is 11.6 Å². The van der Waals surface area contributed by atoms with E-state index in [9.17, 15) is 0 Å². The number of rotatable bonds is 8. The third-order valence-corrected chi connectivity index (χ3v) is 2.50. The molecule has 16 heavy (non-hydrogen) atoms. The van der Waals surface area contributed by atoms with Crippen LogP contribution in [0.5, 0.6) is 5.75 Å². The Kier molecular flexibility index (Phi) is 7.02. The van der Waals surface area contributed by atoms with E-state index >= 15 is 0 Å². The van der Waals surface area contributed by atoms with Crippen LogP contribution in [0.3, 0.4) is 0 Å². The molecule has 3 heteroatoms. The highest BCUT2D eigenvalue weighted by molar-refractivity contribution is 6.17. The number of ether oxygens (including phenoxy) is 2. The Labute approximate surface area is 103 Å². The van der Waals surface area contributed by atoms with E-state index < -0.39 is 0 Å². The van der Waals surface area contributed by atoms with Crippen molar-refractivity contribution in [3.05, 3.63) is 29.8 Å². The number of hydrogen-bond donors (Lipinski definition) is 0. The average Bonchev–Trinajstić information content (AvgIpc) is 2.34. The summed E-state index contributed by atoms with van der Waals surface area (Å²) in [6, 6.07) is 7.82. The lowest BCUT2D eigenvalue weighted by Crippen LogP contribution is -2.07. The Morgan fingerprint density at radius 1 is 1.19 bits per heavy atom.